The molecule has 0 spiro atoms. The summed E-state index contributed by atoms with van der Waals surface area (Å²) in [6, 6.07) is 11.0. The Morgan fingerprint density at radius 1 is 1.14 bits per heavy atom. The average Bonchev–Trinajstić information content (AvgIpc) is 3.22. The molecule has 0 fully saturated rings. The van der Waals surface area contributed by atoms with E-state index in [1.54, 1.807) is 38.1 Å². The minimum Gasteiger partial charge on any atom is -0.462 e. The SMILES string of the molecule is CCOC(=O)c1sc(N(Cc2ccc(F)cc2)C(=O)Cn2cnc3c(C)cccc3c2=O)nc1C. The molecule has 180 valence electrons. The predicted molar refractivity (Wildman–Crippen MR) is 131 cm³/mol. The highest BCUT2D eigenvalue weighted by molar-refractivity contribution is 7.17. The van der Waals surface area contributed by atoms with E-state index in [9.17, 15) is 18.8 Å². The molecule has 2 heterocycles. The lowest BCUT2D eigenvalue weighted by Gasteiger charge is -2.20. The van der Waals surface area contributed by atoms with Crippen LogP contribution in [0.15, 0.2) is 53.6 Å². The zero-order valence-electron chi connectivity index (χ0n) is 19.4. The number of halogens is 1. The second-order valence-electron chi connectivity index (χ2n) is 7.89. The molecule has 0 radical (unpaired) electrons. The number of benzene rings is 2. The zero-order chi connectivity index (χ0) is 25.1. The molecule has 0 bridgehead atoms. The summed E-state index contributed by atoms with van der Waals surface area (Å²) in [5, 5.41) is 0.692. The standard InChI is InChI=1S/C25H23FN4O4S/c1-4-34-24(33)22-16(3)28-25(35-22)30(12-17-8-10-18(26)11-9-17)20(31)13-29-14-27-21-15(2)6-5-7-19(21)23(29)32/h5-11,14H,4,12-13H2,1-3H3. The summed E-state index contributed by atoms with van der Waals surface area (Å²) in [6.07, 6.45) is 1.35. The first-order valence-electron chi connectivity index (χ1n) is 10.9. The van der Waals surface area contributed by atoms with Gasteiger partial charge in [-0.2, -0.15) is 0 Å². The number of fused-ring (bicyclic) bond motifs is 1. The highest BCUT2D eigenvalue weighted by Crippen LogP contribution is 2.28. The van der Waals surface area contributed by atoms with Crippen LogP contribution in [0.4, 0.5) is 9.52 Å². The van der Waals surface area contributed by atoms with Crippen molar-refractivity contribution in [2.75, 3.05) is 11.5 Å². The molecule has 0 unspecified atom stereocenters. The van der Waals surface area contributed by atoms with Crippen molar-refractivity contribution >= 4 is 39.2 Å². The summed E-state index contributed by atoms with van der Waals surface area (Å²) in [6.45, 7) is 5.22. The monoisotopic (exact) mass is 494 g/mol. The number of rotatable bonds is 7. The maximum atomic E-state index is 13.5. The number of ether oxygens (including phenoxy) is 1. The Bertz CT molecular complexity index is 1460. The van der Waals surface area contributed by atoms with E-state index in [0.717, 1.165) is 16.9 Å². The van der Waals surface area contributed by atoms with Crippen LogP contribution in [0.2, 0.25) is 0 Å². The number of carbonyl (C=O) groups is 2. The van der Waals surface area contributed by atoms with E-state index in [1.807, 2.05) is 13.0 Å². The Labute approximate surface area is 204 Å². The van der Waals surface area contributed by atoms with Crippen LogP contribution in [0.25, 0.3) is 10.9 Å². The molecule has 0 aliphatic rings. The molecule has 35 heavy (non-hydrogen) atoms. The Morgan fingerprint density at radius 3 is 2.60 bits per heavy atom. The lowest BCUT2D eigenvalue weighted by Crippen LogP contribution is -2.36. The third-order valence-corrected chi connectivity index (χ3v) is 6.55. The first-order valence-corrected chi connectivity index (χ1v) is 11.7. The highest BCUT2D eigenvalue weighted by Gasteiger charge is 2.25. The van der Waals surface area contributed by atoms with Crippen LogP contribution >= 0.6 is 11.3 Å². The van der Waals surface area contributed by atoms with Crippen molar-refractivity contribution < 1.29 is 18.7 Å². The van der Waals surface area contributed by atoms with Crippen molar-refractivity contribution in [3.05, 3.63) is 86.7 Å². The van der Waals surface area contributed by atoms with Crippen LogP contribution < -0.4 is 10.5 Å². The minimum absolute atomic E-state index is 0.0726. The Morgan fingerprint density at radius 2 is 1.89 bits per heavy atom. The molecule has 10 heteroatoms. The fraction of sp³-hybridized carbons (Fsp3) is 0.240. The number of esters is 1. The third kappa shape index (κ3) is 5.12. The van der Waals surface area contributed by atoms with E-state index in [0.29, 0.717) is 27.0 Å². The van der Waals surface area contributed by atoms with Crippen LogP contribution in [-0.2, 0) is 22.6 Å². The van der Waals surface area contributed by atoms with E-state index in [2.05, 4.69) is 9.97 Å². The molecular formula is C25H23FN4O4S. The summed E-state index contributed by atoms with van der Waals surface area (Å²) in [5.74, 6) is -1.35. The molecule has 1 amide bonds. The molecular weight excluding hydrogens is 471 g/mol. The zero-order valence-corrected chi connectivity index (χ0v) is 20.3. The van der Waals surface area contributed by atoms with Gasteiger partial charge >= 0.3 is 5.97 Å². The maximum Gasteiger partial charge on any atom is 0.350 e. The van der Waals surface area contributed by atoms with Crippen molar-refractivity contribution in [3.63, 3.8) is 0 Å². The van der Waals surface area contributed by atoms with Gasteiger partial charge in [0.2, 0.25) is 5.91 Å². The molecule has 0 aliphatic heterocycles. The van der Waals surface area contributed by atoms with Crippen LogP contribution in [0.5, 0.6) is 0 Å². The van der Waals surface area contributed by atoms with Gasteiger partial charge in [0.1, 0.15) is 17.2 Å². The van der Waals surface area contributed by atoms with Gasteiger partial charge in [-0.15, -0.1) is 0 Å². The average molecular weight is 495 g/mol. The minimum atomic E-state index is -0.520. The molecule has 0 saturated carbocycles. The molecule has 0 atom stereocenters. The van der Waals surface area contributed by atoms with Gasteiger partial charge in [-0.25, -0.2) is 19.2 Å². The van der Waals surface area contributed by atoms with Crippen LogP contribution in [0.1, 0.15) is 33.4 Å². The predicted octanol–water partition coefficient (Wildman–Crippen LogP) is 4.02. The topological polar surface area (TPSA) is 94.4 Å². The van der Waals surface area contributed by atoms with Gasteiger partial charge in [-0.05, 0) is 50.1 Å². The number of anilines is 1. The van der Waals surface area contributed by atoms with Gasteiger partial charge in [-0.3, -0.25) is 19.1 Å². The number of nitrogens with zero attached hydrogens (tertiary/aromatic N) is 4. The van der Waals surface area contributed by atoms with Gasteiger partial charge < -0.3 is 4.74 Å². The van der Waals surface area contributed by atoms with Gasteiger partial charge in [-0.1, -0.05) is 35.6 Å². The second-order valence-corrected chi connectivity index (χ2v) is 8.86. The summed E-state index contributed by atoms with van der Waals surface area (Å²) in [7, 11) is 0. The van der Waals surface area contributed by atoms with Crippen molar-refractivity contribution in [2.24, 2.45) is 0 Å². The van der Waals surface area contributed by atoms with Gasteiger partial charge in [0.15, 0.2) is 5.13 Å². The van der Waals surface area contributed by atoms with E-state index < -0.39 is 17.7 Å². The van der Waals surface area contributed by atoms with E-state index in [4.69, 9.17) is 4.74 Å². The molecule has 2 aromatic carbocycles. The van der Waals surface area contributed by atoms with E-state index in [1.165, 1.54) is 27.9 Å². The normalized spacial score (nSPS) is 11.0. The lowest BCUT2D eigenvalue weighted by atomic mass is 10.1. The number of carbonyl (C=O) groups excluding carboxylic acids is 2. The van der Waals surface area contributed by atoms with Crippen LogP contribution in [-0.4, -0.2) is 33.0 Å². The van der Waals surface area contributed by atoms with Gasteiger partial charge in [0.25, 0.3) is 5.56 Å². The Kier molecular flexibility index (Phi) is 7.02. The van der Waals surface area contributed by atoms with Crippen molar-refractivity contribution in [1.29, 1.82) is 0 Å². The molecule has 0 aliphatic carbocycles. The first kappa shape index (κ1) is 24.2. The largest absolute Gasteiger partial charge is 0.462 e. The van der Waals surface area contributed by atoms with Gasteiger partial charge in [0, 0.05) is 0 Å². The third-order valence-electron chi connectivity index (χ3n) is 5.39. The fourth-order valence-corrected chi connectivity index (χ4v) is 4.58. The van der Waals surface area contributed by atoms with Crippen molar-refractivity contribution in [2.45, 2.75) is 33.9 Å². The molecule has 0 saturated heterocycles. The first-order chi connectivity index (χ1) is 16.8. The van der Waals surface area contributed by atoms with Crippen LogP contribution in [0, 0.1) is 19.7 Å². The summed E-state index contributed by atoms with van der Waals surface area (Å²) in [5.41, 5.74) is 2.20. The number of para-hydroxylation sites is 1. The van der Waals surface area contributed by atoms with E-state index in [-0.39, 0.29) is 30.4 Å². The Hall–Kier alpha value is -3.92. The fourth-order valence-electron chi connectivity index (χ4n) is 3.60. The molecule has 2 aromatic heterocycles. The summed E-state index contributed by atoms with van der Waals surface area (Å²) >= 11 is 1.03. The molecule has 4 rings (SSSR count). The van der Waals surface area contributed by atoms with Crippen molar-refractivity contribution in [3.8, 4) is 0 Å². The number of aryl methyl sites for hydroxylation is 2. The number of hydrogen-bond acceptors (Lipinski definition) is 7. The molecule has 4 aromatic rings. The maximum absolute atomic E-state index is 13.5. The van der Waals surface area contributed by atoms with E-state index >= 15 is 0 Å². The van der Waals surface area contributed by atoms with Crippen LogP contribution in [0.3, 0.4) is 0 Å². The lowest BCUT2D eigenvalue weighted by molar-refractivity contribution is -0.119. The Balaban J connectivity index is 1.70. The highest BCUT2D eigenvalue weighted by atomic mass is 32.1. The smallest absolute Gasteiger partial charge is 0.350 e. The molecule has 0 N–H and O–H groups in total. The quantitative estimate of drug-likeness (QED) is 0.360. The number of amides is 1. The number of hydrogen-bond donors (Lipinski definition) is 0. The second kappa shape index (κ2) is 10.1. The number of aromatic nitrogens is 3. The number of thiazole rings is 1. The molecule has 8 nitrogen and oxygen atoms in total. The summed E-state index contributed by atoms with van der Waals surface area (Å²) in [4.78, 5) is 49.2. The summed E-state index contributed by atoms with van der Waals surface area (Å²) < 4.78 is 19.8. The van der Waals surface area contributed by atoms with Gasteiger partial charge in [0.05, 0.1) is 36.1 Å². The van der Waals surface area contributed by atoms with Crippen molar-refractivity contribution in [1.82, 2.24) is 14.5 Å².